The summed E-state index contributed by atoms with van der Waals surface area (Å²) in [7, 11) is 0. The van der Waals surface area contributed by atoms with Crippen molar-refractivity contribution in [3.05, 3.63) is 362 Å². The Kier molecular flexibility index (Phi) is 19.6. The number of hydrogen-bond acceptors (Lipinski definition) is 12. The third kappa shape index (κ3) is 12.8. The van der Waals surface area contributed by atoms with Crippen molar-refractivity contribution in [3.63, 3.8) is 0 Å². The van der Waals surface area contributed by atoms with Gasteiger partial charge in [-0.05, 0) is 142 Å². The van der Waals surface area contributed by atoms with Crippen molar-refractivity contribution in [2.24, 2.45) is 20.6 Å². The zero-order chi connectivity index (χ0) is 70.3. The second kappa shape index (κ2) is 28.9. The number of benzene rings is 10. The Bertz CT molecular complexity index is 4670. The second-order valence-electron chi connectivity index (χ2n) is 25.6. The van der Waals surface area contributed by atoms with Gasteiger partial charge in [0.25, 0.3) is 11.8 Å². The molecule has 8 atom stereocenters. The molecular formula is C82H62Cl8N6O6. The maximum atomic E-state index is 7.12. The van der Waals surface area contributed by atoms with Crippen molar-refractivity contribution in [2.75, 3.05) is 26.2 Å². The molecule has 10 aromatic carbocycles. The lowest BCUT2D eigenvalue weighted by atomic mass is 9.68. The maximum Gasteiger partial charge on any atom is 0.346 e. The van der Waals surface area contributed by atoms with Gasteiger partial charge in [0.15, 0.2) is 0 Å². The molecule has 4 spiro atoms. The Labute approximate surface area is 631 Å². The van der Waals surface area contributed by atoms with Crippen LogP contribution in [0.5, 0.6) is 0 Å². The van der Waals surface area contributed by atoms with E-state index in [2.05, 4.69) is 58.2 Å². The first kappa shape index (κ1) is 69.1. The van der Waals surface area contributed by atoms with Crippen LogP contribution in [0.15, 0.2) is 287 Å². The third-order valence-electron chi connectivity index (χ3n) is 19.6. The van der Waals surface area contributed by atoms with Crippen LogP contribution in [0.1, 0.15) is 93.4 Å². The van der Waals surface area contributed by atoms with Crippen molar-refractivity contribution in [2.45, 2.75) is 60.5 Å². The summed E-state index contributed by atoms with van der Waals surface area (Å²) in [4.78, 5) is 31.9. The number of likely N-dealkylation sites (tertiary alicyclic amines) is 2. The van der Waals surface area contributed by atoms with Crippen molar-refractivity contribution >= 4 is 128 Å². The van der Waals surface area contributed by atoms with Gasteiger partial charge in [0.05, 0.1) is 36.3 Å². The van der Waals surface area contributed by atoms with E-state index in [1.165, 1.54) is 0 Å². The predicted molar refractivity (Wildman–Crippen MR) is 409 cm³/mol. The van der Waals surface area contributed by atoms with E-state index in [9.17, 15) is 0 Å². The molecule has 2 fully saturated rings. The Balaban J connectivity index is 0.000000165. The van der Waals surface area contributed by atoms with E-state index in [0.717, 1.165) is 66.8 Å². The lowest BCUT2D eigenvalue weighted by molar-refractivity contribution is -0.279. The predicted octanol–water partition coefficient (Wildman–Crippen LogP) is 21.6. The molecule has 6 heterocycles. The molecule has 0 N–H and O–H groups in total. The summed E-state index contributed by atoms with van der Waals surface area (Å²) in [5, 5.41) is 22.9. The summed E-state index contributed by atoms with van der Waals surface area (Å²) in [6.45, 7) is 5.81. The molecule has 2 saturated heterocycles. The lowest BCUT2D eigenvalue weighted by Crippen LogP contribution is -2.70. The van der Waals surface area contributed by atoms with Crippen LogP contribution in [0.25, 0.3) is 12.2 Å². The highest BCUT2D eigenvalue weighted by Gasteiger charge is 2.76. The molecule has 0 radical (unpaired) electrons. The largest absolute Gasteiger partial charge is 0.422 e. The Morgan fingerprint density at radius 2 is 0.676 bits per heavy atom. The normalized spacial score (nSPS) is 24.2. The van der Waals surface area contributed by atoms with E-state index in [1.807, 2.05) is 206 Å². The SMILES string of the molecule is C[C@H](c1ccccc1)N1C/C(=C\c2ccc(Cl)cc2Cl)[C@]2(ON=C(c3ccccc3)O2)[C@]2(C1)ON=C(c1ccccc1)[C@H]2c1ccc(Cl)cc1Cl.C[C@H](c1ccccc1)N1C/C(=C\c2ccc(Cl)cc2Cl)[C@]2(ON=C(c3ccccc3)O2)[C@]2(C1)ON=C(c1ccccc1)[C@H]2c1ccc(Cl)cc1Cl. The molecule has 512 valence electrons. The van der Waals surface area contributed by atoms with E-state index in [4.69, 9.17) is 132 Å². The monoisotopic (exact) mass is 1510 g/mol. The number of halogens is 8. The molecule has 16 rings (SSSR count). The number of hydrogen-bond donors (Lipinski definition) is 0. The minimum absolute atomic E-state index is 0.0638. The molecule has 0 aromatic heterocycles. The zero-order valence-corrected chi connectivity index (χ0v) is 60.7. The molecule has 12 nitrogen and oxygen atoms in total. The number of fused-ring (bicyclic) bond motifs is 2. The van der Waals surface area contributed by atoms with Crippen LogP contribution < -0.4 is 0 Å². The molecule has 10 aromatic rings. The number of rotatable bonds is 12. The Morgan fingerprint density at radius 3 is 1.01 bits per heavy atom. The van der Waals surface area contributed by atoms with Gasteiger partial charge < -0.3 is 28.8 Å². The Morgan fingerprint density at radius 1 is 0.363 bits per heavy atom. The average Bonchev–Trinajstić information content (AvgIpc) is 1.50. The molecule has 0 amide bonds. The average molecular weight is 1510 g/mol. The van der Waals surface area contributed by atoms with Gasteiger partial charge in [-0.25, -0.2) is 0 Å². The minimum Gasteiger partial charge on any atom is -0.422 e. The van der Waals surface area contributed by atoms with Crippen LogP contribution in [-0.2, 0) is 28.8 Å². The number of nitrogens with zero attached hydrogens (tertiary/aromatic N) is 6. The summed E-state index contributed by atoms with van der Waals surface area (Å²) in [6, 6.07) is 81.4. The highest BCUT2D eigenvalue weighted by molar-refractivity contribution is 6.37. The number of piperidine rings is 2. The summed E-state index contributed by atoms with van der Waals surface area (Å²) < 4.78 is 14.2. The van der Waals surface area contributed by atoms with Crippen LogP contribution in [0.2, 0.25) is 40.2 Å². The van der Waals surface area contributed by atoms with Crippen molar-refractivity contribution in [1.29, 1.82) is 0 Å². The Hall–Kier alpha value is -8.60. The summed E-state index contributed by atoms with van der Waals surface area (Å²) in [5.74, 6) is -3.89. The van der Waals surface area contributed by atoms with Crippen LogP contribution in [-0.4, -0.2) is 82.0 Å². The molecule has 0 bridgehead atoms. The molecule has 102 heavy (non-hydrogen) atoms. The summed E-state index contributed by atoms with van der Waals surface area (Å²) in [5.41, 5.74) is 8.42. The van der Waals surface area contributed by atoms with Crippen LogP contribution in [0.4, 0.5) is 0 Å². The first-order valence-corrected chi connectivity index (χ1v) is 36.0. The van der Waals surface area contributed by atoms with Gasteiger partial charge in [0.1, 0.15) is 0 Å². The van der Waals surface area contributed by atoms with E-state index >= 15 is 0 Å². The van der Waals surface area contributed by atoms with Gasteiger partial charge in [-0.2, -0.15) is 0 Å². The first-order chi connectivity index (χ1) is 49.6. The minimum atomic E-state index is -1.64. The second-order valence-corrected chi connectivity index (χ2v) is 29.0. The first-order valence-electron chi connectivity index (χ1n) is 33.0. The molecule has 0 saturated carbocycles. The van der Waals surface area contributed by atoms with E-state index in [1.54, 1.807) is 36.4 Å². The van der Waals surface area contributed by atoms with Crippen molar-refractivity contribution < 1.29 is 28.8 Å². The van der Waals surface area contributed by atoms with Crippen LogP contribution >= 0.6 is 92.8 Å². The van der Waals surface area contributed by atoms with Gasteiger partial charge in [0.2, 0.25) is 11.2 Å². The third-order valence-corrected chi connectivity index (χ3v) is 21.9. The topological polar surface area (TPSA) is 111 Å². The highest BCUT2D eigenvalue weighted by Crippen LogP contribution is 2.60. The molecule has 0 unspecified atom stereocenters. The molecule has 6 aliphatic heterocycles. The molecular weight excluding hydrogens is 1450 g/mol. The zero-order valence-electron chi connectivity index (χ0n) is 54.7. The fourth-order valence-electron chi connectivity index (χ4n) is 14.5. The van der Waals surface area contributed by atoms with E-state index in [0.29, 0.717) is 89.6 Å². The lowest BCUT2D eigenvalue weighted by Gasteiger charge is -2.52. The van der Waals surface area contributed by atoms with E-state index < -0.39 is 34.6 Å². The van der Waals surface area contributed by atoms with Gasteiger partial charge in [-0.15, -0.1) is 0 Å². The molecule has 20 heteroatoms. The van der Waals surface area contributed by atoms with Gasteiger partial charge in [-0.1, -0.05) is 285 Å². The van der Waals surface area contributed by atoms with Gasteiger partial charge in [0, 0.05) is 98.8 Å². The van der Waals surface area contributed by atoms with Gasteiger partial charge >= 0.3 is 11.6 Å². The van der Waals surface area contributed by atoms with Crippen molar-refractivity contribution in [3.8, 4) is 0 Å². The fourth-order valence-corrected chi connectivity index (χ4v) is 16.5. The van der Waals surface area contributed by atoms with Crippen molar-refractivity contribution in [1.82, 2.24) is 9.80 Å². The number of ether oxygens (including phenoxy) is 2. The number of oxime groups is 4. The van der Waals surface area contributed by atoms with Crippen LogP contribution in [0, 0.1) is 0 Å². The van der Waals surface area contributed by atoms with Crippen LogP contribution in [0.3, 0.4) is 0 Å². The summed E-state index contributed by atoms with van der Waals surface area (Å²) >= 11 is 53.6. The molecule has 0 aliphatic carbocycles. The quantitative estimate of drug-likeness (QED) is 0.119. The fraction of sp³-hybridized carbons (Fsp3) is 0.171. The molecule has 6 aliphatic rings. The standard InChI is InChI=1S/2C41H31Cl4N3O3/c2*1-26(27-11-5-2-6-12-27)48-24-31(21-30-17-18-32(42)22-35(30)44)41(49-39(47-51-41)29-15-9-4-10-16-29)40(25-48)37(34-20-19-33(43)23-36(34)45)38(46-50-40)28-13-7-3-8-14-28/h2*2-23,26,37H,24-25H2,1H3/b2*31-21+/t2*26-,37-,40-,41+/m11/s1. The smallest absolute Gasteiger partial charge is 0.346 e. The van der Waals surface area contributed by atoms with Gasteiger partial charge in [-0.3, -0.25) is 9.80 Å². The maximum absolute atomic E-state index is 7.12. The van der Waals surface area contributed by atoms with E-state index in [-0.39, 0.29) is 12.1 Å². The highest BCUT2D eigenvalue weighted by atomic mass is 35.5. The summed E-state index contributed by atoms with van der Waals surface area (Å²) in [6.07, 6.45) is 3.97.